The summed E-state index contributed by atoms with van der Waals surface area (Å²) in [5, 5.41) is 3.36. The zero-order valence-electron chi connectivity index (χ0n) is 13.3. The van der Waals surface area contributed by atoms with Crippen molar-refractivity contribution in [2.75, 3.05) is 19.7 Å². The lowest BCUT2D eigenvalue weighted by Crippen LogP contribution is -2.33. The van der Waals surface area contributed by atoms with E-state index in [9.17, 15) is 0 Å². The Kier molecular flexibility index (Phi) is 3.77. The first-order valence-corrected chi connectivity index (χ1v) is 8.23. The van der Waals surface area contributed by atoms with Gasteiger partial charge in [0, 0.05) is 17.7 Å². The van der Waals surface area contributed by atoms with Gasteiger partial charge >= 0.3 is 0 Å². The van der Waals surface area contributed by atoms with E-state index in [1.807, 2.05) is 12.1 Å². The van der Waals surface area contributed by atoms with Gasteiger partial charge in [0.25, 0.3) is 0 Å². The van der Waals surface area contributed by atoms with Crippen molar-refractivity contribution in [3.05, 3.63) is 70.8 Å². The molecule has 4 rings (SSSR count). The van der Waals surface area contributed by atoms with Crippen molar-refractivity contribution in [1.82, 2.24) is 5.32 Å². The van der Waals surface area contributed by atoms with Crippen LogP contribution in [0.15, 0.2) is 48.5 Å². The largest absolute Gasteiger partial charge is 0.339 e. The van der Waals surface area contributed by atoms with Gasteiger partial charge in [0.1, 0.15) is 0 Å². The molecule has 1 unspecified atom stereocenters. The Morgan fingerprint density at radius 1 is 1.00 bits per heavy atom. The Morgan fingerprint density at radius 3 is 2.22 bits per heavy atom. The van der Waals surface area contributed by atoms with Crippen molar-refractivity contribution in [2.24, 2.45) is 0 Å². The van der Waals surface area contributed by atoms with Gasteiger partial charge in [-0.3, -0.25) is 0 Å². The highest BCUT2D eigenvalue weighted by atomic mass is 16.7. The van der Waals surface area contributed by atoms with Gasteiger partial charge < -0.3 is 14.8 Å². The molecule has 1 atom stereocenters. The van der Waals surface area contributed by atoms with E-state index in [0.717, 1.165) is 35.3 Å². The third kappa shape index (κ3) is 2.41. The SMILES string of the molecule is CCNCC1COC2(O1)c1ccccc1C=Cc1ccccc12. The van der Waals surface area contributed by atoms with Crippen molar-refractivity contribution < 1.29 is 9.47 Å². The molecular formula is C20H21NO2. The lowest BCUT2D eigenvalue weighted by molar-refractivity contribution is -0.142. The number of fused-ring (bicyclic) bond motifs is 4. The van der Waals surface area contributed by atoms with Crippen molar-refractivity contribution >= 4 is 12.2 Å². The van der Waals surface area contributed by atoms with Crippen LogP contribution >= 0.6 is 0 Å². The molecule has 0 radical (unpaired) electrons. The van der Waals surface area contributed by atoms with Crippen LogP contribution in [-0.4, -0.2) is 25.8 Å². The molecule has 1 N–H and O–H groups in total. The molecule has 0 bridgehead atoms. The molecule has 1 saturated heterocycles. The van der Waals surface area contributed by atoms with Crippen LogP contribution in [0.5, 0.6) is 0 Å². The quantitative estimate of drug-likeness (QED) is 0.943. The van der Waals surface area contributed by atoms with Crippen LogP contribution in [0.1, 0.15) is 29.2 Å². The fourth-order valence-corrected chi connectivity index (χ4v) is 3.41. The standard InChI is InChI=1S/C20H21NO2/c1-2-21-13-17-14-22-20(23-17)18-9-5-3-7-15(18)11-12-16-8-4-6-10-19(16)20/h3-12,17,21H,2,13-14H2,1H3. The van der Waals surface area contributed by atoms with Gasteiger partial charge in [0.15, 0.2) is 0 Å². The molecule has 1 fully saturated rings. The van der Waals surface area contributed by atoms with Crippen LogP contribution in [0.3, 0.4) is 0 Å². The van der Waals surface area contributed by atoms with E-state index in [4.69, 9.17) is 9.47 Å². The summed E-state index contributed by atoms with van der Waals surface area (Å²) in [6, 6.07) is 16.7. The highest BCUT2D eigenvalue weighted by Crippen LogP contribution is 2.45. The summed E-state index contributed by atoms with van der Waals surface area (Å²) in [6.45, 7) is 4.43. The summed E-state index contributed by atoms with van der Waals surface area (Å²) >= 11 is 0. The summed E-state index contributed by atoms with van der Waals surface area (Å²) in [6.07, 6.45) is 4.34. The molecule has 1 spiro atoms. The smallest absolute Gasteiger partial charge is 0.224 e. The molecule has 1 aliphatic heterocycles. The predicted octanol–water partition coefficient (Wildman–Crippen LogP) is 3.40. The van der Waals surface area contributed by atoms with Gasteiger partial charge in [-0.15, -0.1) is 0 Å². The number of likely N-dealkylation sites (N-methyl/N-ethyl adjacent to an activating group) is 1. The highest BCUT2D eigenvalue weighted by molar-refractivity contribution is 5.76. The lowest BCUT2D eigenvalue weighted by Gasteiger charge is -2.30. The minimum Gasteiger partial charge on any atom is -0.339 e. The molecule has 23 heavy (non-hydrogen) atoms. The number of hydrogen-bond donors (Lipinski definition) is 1. The Hall–Kier alpha value is -1.94. The van der Waals surface area contributed by atoms with Gasteiger partial charge in [-0.1, -0.05) is 67.6 Å². The molecular weight excluding hydrogens is 286 g/mol. The van der Waals surface area contributed by atoms with Gasteiger partial charge in [-0.25, -0.2) is 0 Å². The van der Waals surface area contributed by atoms with Crippen LogP contribution < -0.4 is 5.32 Å². The fraction of sp³-hybridized carbons (Fsp3) is 0.300. The van der Waals surface area contributed by atoms with Crippen molar-refractivity contribution in [1.29, 1.82) is 0 Å². The Labute approximate surface area is 136 Å². The molecule has 1 aliphatic carbocycles. The maximum absolute atomic E-state index is 6.50. The van der Waals surface area contributed by atoms with E-state index in [1.54, 1.807) is 0 Å². The van der Waals surface area contributed by atoms with Gasteiger partial charge in [-0.2, -0.15) is 0 Å². The molecule has 3 nitrogen and oxygen atoms in total. The molecule has 2 aromatic rings. The number of ether oxygens (including phenoxy) is 2. The summed E-state index contributed by atoms with van der Waals surface area (Å²) in [5.74, 6) is -0.809. The van der Waals surface area contributed by atoms with E-state index in [0.29, 0.717) is 6.61 Å². The van der Waals surface area contributed by atoms with Crippen LogP contribution in [-0.2, 0) is 15.3 Å². The Balaban J connectivity index is 1.84. The second-order valence-corrected chi connectivity index (χ2v) is 5.98. The van der Waals surface area contributed by atoms with E-state index in [1.165, 1.54) is 0 Å². The molecule has 0 amide bonds. The van der Waals surface area contributed by atoms with Crippen molar-refractivity contribution in [3.8, 4) is 0 Å². The Morgan fingerprint density at radius 2 is 1.61 bits per heavy atom. The predicted molar refractivity (Wildman–Crippen MR) is 92.0 cm³/mol. The molecule has 2 aromatic carbocycles. The molecule has 118 valence electrons. The van der Waals surface area contributed by atoms with Crippen molar-refractivity contribution in [3.63, 3.8) is 0 Å². The third-order valence-corrected chi connectivity index (χ3v) is 4.50. The summed E-state index contributed by atoms with van der Waals surface area (Å²) < 4.78 is 12.8. The second kappa shape index (κ2) is 5.93. The molecule has 1 heterocycles. The van der Waals surface area contributed by atoms with Gasteiger partial charge in [0.2, 0.25) is 5.79 Å². The maximum atomic E-state index is 6.50. The van der Waals surface area contributed by atoms with E-state index < -0.39 is 5.79 Å². The first-order valence-electron chi connectivity index (χ1n) is 8.23. The second-order valence-electron chi connectivity index (χ2n) is 5.98. The van der Waals surface area contributed by atoms with Crippen LogP contribution in [0.25, 0.3) is 12.2 Å². The third-order valence-electron chi connectivity index (χ3n) is 4.50. The monoisotopic (exact) mass is 307 g/mol. The minimum atomic E-state index is -0.809. The molecule has 3 heteroatoms. The van der Waals surface area contributed by atoms with E-state index in [2.05, 4.69) is 60.8 Å². The minimum absolute atomic E-state index is 0.0502. The van der Waals surface area contributed by atoms with Gasteiger partial charge in [-0.05, 0) is 17.7 Å². The molecule has 0 saturated carbocycles. The van der Waals surface area contributed by atoms with Crippen molar-refractivity contribution in [2.45, 2.75) is 18.8 Å². The first kappa shape index (κ1) is 14.6. The number of benzene rings is 2. The maximum Gasteiger partial charge on any atom is 0.224 e. The van der Waals surface area contributed by atoms with Crippen LogP contribution in [0.4, 0.5) is 0 Å². The Bertz CT molecular complexity index is 688. The topological polar surface area (TPSA) is 30.5 Å². The number of rotatable bonds is 3. The summed E-state index contributed by atoms with van der Waals surface area (Å²) in [4.78, 5) is 0. The average molecular weight is 307 g/mol. The van der Waals surface area contributed by atoms with Crippen LogP contribution in [0.2, 0.25) is 0 Å². The van der Waals surface area contributed by atoms with Gasteiger partial charge in [0.05, 0.1) is 12.7 Å². The normalized spacial score (nSPS) is 21.0. The molecule has 2 aliphatic rings. The van der Waals surface area contributed by atoms with Crippen LogP contribution in [0, 0.1) is 0 Å². The zero-order chi connectivity index (χ0) is 15.7. The zero-order valence-corrected chi connectivity index (χ0v) is 13.3. The highest BCUT2D eigenvalue weighted by Gasteiger charge is 2.47. The first-order chi connectivity index (χ1) is 11.3. The fourth-order valence-electron chi connectivity index (χ4n) is 3.41. The number of hydrogen-bond acceptors (Lipinski definition) is 3. The summed E-state index contributed by atoms with van der Waals surface area (Å²) in [7, 11) is 0. The van der Waals surface area contributed by atoms with E-state index in [-0.39, 0.29) is 6.10 Å². The lowest BCUT2D eigenvalue weighted by atomic mass is 9.93. The average Bonchev–Trinajstić information content (AvgIpc) is 2.98. The van der Waals surface area contributed by atoms with E-state index >= 15 is 0 Å². The molecule has 0 aromatic heterocycles. The number of nitrogens with one attached hydrogen (secondary N) is 1. The summed E-state index contributed by atoms with van der Waals surface area (Å²) in [5.41, 5.74) is 4.46.